The van der Waals surface area contributed by atoms with Gasteiger partial charge in [0.15, 0.2) is 5.83 Å². The fourth-order valence-corrected chi connectivity index (χ4v) is 4.05. The molecule has 0 aliphatic carbocycles. The molecule has 1 atom stereocenters. The van der Waals surface area contributed by atoms with Crippen molar-refractivity contribution in [2.24, 2.45) is 4.99 Å². The number of ether oxygens (including phenoxy) is 1. The second kappa shape index (κ2) is 9.65. The van der Waals surface area contributed by atoms with E-state index in [1.165, 1.54) is 13.3 Å². The molecule has 0 bridgehead atoms. The molecule has 33 heavy (non-hydrogen) atoms. The zero-order chi connectivity index (χ0) is 23.5. The molecule has 4 rings (SSSR count). The molecular formula is C21H25ClFN7O3. The third-order valence-electron chi connectivity index (χ3n) is 5.62. The SMILES string of the molecule is COC(=O)N1CCCN(C(=O)[C@@H](C)NC2=C(F)CN=C(c3c[nH]c4ncc(Cl)cc34)N2)CC1. The Balaban J connectivity index is 1.42. The molecule has 2 aliphatic rings. The van der Waals surface area contributed by atoms with Crippen LogP contribution in [0.15, 0.2) is 35.1 Å². The molecule has 12 heteroatoms. The number of aromatic amines is 1. The molecule has 0 radical (unpaired) electrons. The number of H-pyrrole nitrogens is 1. The zero-order valence-electron chi connectivity index (χ0n) is 18.3. The first kappa shape index (κ1) is 22.8. The van der Waals surface area contributed by atoms with Gasteiger partial charge in [0.05, 0.1) is 18.7 Å². The number of nitrogens with one attached hydrogen (secondary N) is 3. The maximum atomic E-state index is 14.6. The summed E-state index contributed by atoms with van der Waals surface area (Å²) in [5, 5.41) is 7.13. The minimum absolute atomic E-state index is 0.0937. The van der Waals surface area contributed by atoms with Crippen LogP contribution in [0, 0.1) is 0 Å². The summed E-state index contributed by atoms with van der Waals surface area (Å²) in [6.07, 6.45) is 3.48. The van der Waals surface area contributed by atoms with E-state index in [1.807, 2.05) is 0 Å². The van der Waals surface area contributed by atoms with Crippen molar-refractivity contribution < 1.29 is 18.7 Å². The second-order valence-electron chi connectivity index (χ2n) is 7.82. The first-order valence-electron chi connectivity index (χ1n) is 10.6. The van der Waals surface area contributed by atoms with Crippen molar-refractivity contribution in [2.75, 3.05) is 39.8 Å². The lowest BCUT2D eigenvalue weighted by atomic mass is 10.2. The van der Waals surface area contributed by atoms with Gasteiger partial charge in [-0.2, -0.15) is 0 Å². The molecule has 2 amide bonds. The number of methoxy groups -OCH3 is 1. The lowest BCUT2D eigenvalue weighted by molar-refractivity contribution is -0.132. The number of rotatable bonds is 4. The van der Waals surface area contributed by atoms with Crippen molar-refractivity contribution in [3.8, 4) is 0 Å². The Bertz CT molecular complexity index is 1130. The van der Waals surface area contributed by atoms with Gasteiger partial charge in [0.2, 0.25) is 5.91 Å². The van der Waals surface area contributed by atoms with Crippen molar-refractivity contribution in [1.82, 2.24) is 30.4 Å². The minimum atomic E-state index is -0.693. The Kier molecular flexibility index (Phi) is 6.68. The van der Waals surface area contributed by atoms with Gasteiger partial charge in [0.25, 0.3) is 0 Å². The molecular weight excluding hydrogens is 453 g/mol. The molecule has 0 saturated carbocycles. The van der Waals surface area contributed by atoms with Crippen LogP contribution in [-0.4, -0.2) is 83.5 Å². The summed E-state index contributed by atoms with van der Waals surface area (Å²) < 4.78 is 19.3. The quantitative estimate of drug-likeness (QED) is 0.620. The molecule has 10 nitrogen and oxygen atoms in total. The first-order chi connectivity index (χ1) is 15.9. The smallest absolute Gasteiger partial charge is 0.409 e. The van der Waals surface area contributed by atoms with Crippen LogP contribution in [0.1, 0.15) is 18.9 Å². The lowest BCUT2D eigenvalue weighted by Gasteiger charge is -2.27. The average Bonchev–Trinajstić information content (AvgIpc) is 3.06. The largest absolute Gasteiger partial charge is 0.453 e. The van der Waals surface area contributed by atoms with Crippen LogP contribution < -0.4 is 10.6 Å². The molecule has 176 valence electrons. The minimum Gasteiger partial charge on any atom is -0.453 e. The highest BCUT2D eigenvalue weighted by Gasteiger charge is 2.27. The number of carbonyl (C=O) groups excluding carboxylic acids is 2. The van der Waals surface area contributed by atoms with Crippen LogP contribution >= 0.6 is 11.6 Å². The van der Waals surface area contributed by atoms with Crippen molar-refractivity contribution in [3.05, 3.63) is 40.7 Å². The highest BCUT2D eigenvalue weighted by molar-refractivity contribution is 6.31. The molecule has 4 heterocycles. The van der Waals surface area contributed by atoms with Crippen LogP contribution in [0.4, 0.5) is 9.18 Å². The summed E-state index contributed by atoms with van der Waals surface area (Å²) >= 11 is 6.07. The summed E-state index contributed by atoms with van der Waals surface area (Å²) in [6.45, 7) is 3.29. The molecule has 2 aliphatic heterocycles. The van der Waals surface area contributed by atoms with E-state index >= 15 is 0 Å². The topological polar surface area (TPSA) is 115 Å². The van der Waals surface area contributed by atoms with E-state index in [0.717, 1.165) is 5.39 Å². The Morgan fingerprint density at radius 2 is 2.03 bits per heavy atom. The Morgan fingerprint density at radius 3 is 2.82 bits per heavy atom. The Labute approximate surface area is 194 Å². The molecule has 1 saturated heterocycles. The predicted octanol–water partition coefficient (Wildman–Crippen LogP) is 1.98. The molecule has 0 unspecified atom stereocenters. The summed E-state index contributed by atoms with van der Waals surface area (Å²) in [5.74, 6) is -0.147. The van der Waals surface area contributed by atoms with Gasteiger partial charge in [-0.05, 0) is 19.4 Å². The highest BCUT2D eigenvalue weighted by atomic mass is 35.5. The number of amidine groups is 1. The van der Waals surface area contributed by atoms with Crippen LogP contribution in [0.2, 0.25) is 5.02 Å². The Morgan fingerprint density at radius 1 is 1.27 bits per heavy atom. The van der Waals surface area contributed by atoms with Crippen LogP contribution in [-0.2, 0) is 9.53 Å². The highest BCUT2D eigenvalue weighted by Crippen LogP contribution is 2.22. The van der Waals surface area contributed by atoms with E-state index in [2.05, 4.69) is 25.6 Å². The van der Waals surface area contributed by atoms with Crippen LogP contribution in [0.3, 0.4) is 0 Å². The van der Waals surface area contributed by atoms with Crippen molar-refractivity contribution >= 4 is 40.5 Å². The maximum Gasteiger partial charge on any atom is 0.409 e. The zero-order valence-corrected chi connectivity index (χ0v) is 19.1. The fourth-order valence-electron chi connectivity index (χ4n) is 3.90. The number of hydrogen-bond acceptors (Lipinski definition) is 7. The van der Waals surface area contributed by atoms with Gasteiger partial charge in [-0.25, -0.2) is 14.2 Å². The van der Waals surface area contributed by atoms with Gasteiger partial charge in [0, 0.05) is 49.5 Å². The normalized spacial score (nSPS) is 17.9. The van der Waals surface area contributed by atoms with E-state index in [0.29, 0.717) is 54.7 Å². The number of hydrogen-bond donors (Lipinski definition) is 3. The number of fused-ring (bicyclic) bond motifs is 1. The third kappa shape index (κ3) is 4.87. The van der Waals surface area contributed by atoms with Gasteiger partial charge >= 0.3 is 6.09 Å². The van der Waals surface area contributed by atoms with Gasteiger partial charge in [-0.1, -0.05) is 11.6 Å². The monoisotopic (exact) mass is 477 g/mol. The van der Waals surface area contributed by atoms with E-state index in [9.17, 15) is 14.0 Å². The van der Waals surface area contributed by atoms with Gasteiger partial charge < -0.3 is 30.2 Å². The first-order valence-corrected chi connectivity index (χ1v) is 11.0. The number of halogens is 2. The molecule has 3 N–H and O–H groups in total. The van der Waals surface area contributed by atoms with Crippen molar-refractivity contribution in [2.45, 2.75) is 19.4 Å². The second-order valence-corrected chi connectivity index (χ2v) is 8.26. The van der Waals surface area contributed by atoms with E-state index < -0.39 is 18.0 Å². The predicted molar refractivity (Wildman–Crippen MR) is 122 cm³/mol. The molecule has 2 aromatic heterocycles. The van der Waals surface area contributed by atoms with E-state index in [1.54, 1.807) is 29.0 Å². The van der Waals surface area contributed by atoms with Crippen LogP contribution in [0.25, 0.3) is 11.0 Å². The third-order valence-corrected chi connectivity index (χ3v) is 5.82. The van der Waals surface area contributed by atoms with Gasteiger partial charge in [-0.15, -0.1) is 0 Å². The summed E-state index contributed by atoms with van der Waals surface area (Å²) in [6, 6.07) is 1.06. The lowest BCUT2D eigenvalue weighted by Crippen LogP contribution is -2.49. The number of nitrogens with zero attached hydrogens (tertiary/aromatic N) is 4. The Hall–Kier alpha value is -3.34. The molecule has 2 aromatic rings. The van der Waals surface area contributed by atoms with E-state index in [-0.39, 0.29) is 18.3 Å². The van der Waals surface area contributed by atoms with Crippen LogP contribution in [0.5, 0.6) is 0 Å². The molecule has 0 spiro atoms. The molecule has 1 fully saturated rings. The molecule has 0 aromatic carbocycles. The number of pyridine rings is 1. The van der Waals surface area contributed by atoms with Gasteiger partial charge in [0.1, 0.15) is 23.3 Å². The standard InChI is InChI=1S/C21H25ClFN7O3/c1-12(20(31)29-4-3-5-30(7-6-29)21(32)33-2)27-19-16(23)11-26-18(28-19)15-10-25-17-14(15)8-13(22)9-24-17/h8-10,12,27H,3-7,11H2,1-2H3,(H,24,25)(H,26,28)/t12-/m1/s1. The summed E-state index contributed by atoms with van der Waals surface area (Å²) in [7, 11) is 1.33. The summed E-state index contributed by atoms with van der Waals surface area (Å²) in [5.41, 5.74) is 1.33. The fraction of sp³-hybridized carbons (Fsp3) is 0.429. The maximum absolute atomic E-state index is 14.6. The number of aliphatic imine (C=N–C) groups is 1. The number of carbonyl (C=O) groups is 2. The number of amides is 2. The van der Waals surface area contributed by atoms with Crippen molar-refractivity contribution in [1.29, 1.82) is 0 Å². The average molecular weight is 478 g/mol. The number of aromatic nitrogens is 2. The summed E-state index contributed by atoms with van der Waals surface area (Å²) in [4.78, 5) is 39.5. The van der Waals surface area contributed by atoms with E-state index in [4.69, 9.17) is 16.3 Å². The van der Waals surface area contributed by atoms with Gasteiger partial charge in [-0.3, -0.25) is 9.79 Å². The van der Waals surface area contributed by atoms with Crippen molar-refractivity contribution in [3.63, 3.8) is 0 Å².